The van der Waals surface area contributed by atoms with Gasteiger partial charge in [0.25, 0.3) is 5.91 Å². The lowest BCUT2D eigenvalue weighted by Gasteiger charge is -2.12. The second-order valence-electron chi connectivity index (χ2n) is 4.37. The Kier molecular flexibility index (Phi) is 3.64. The maximum Gasteiger partial charge on any atom is 0.254 e. The van der Waals surface area contributed by atoms with Gasteiger partial charge in [-0.2, -0.15) is 0 Å². The molecule has 2 amide bonds. The van der Waals surface area contributed by atoms with Crippen molar-refractivity contribution in [1.82, 2.24) is 10.6 Å². The average Bonchev–Trinajstić information content (AvgIpc) is 2.77. The van der Waals surface area contributed by atoms with Crippen molar-refractivity contribution in [2.24, 2.45) is 0 Å². The Balaban J connectivity index is 2.00. The molecule has 0 bridgehead atoms. The number of benzene rings is 1. The Morgan fingerprint density at radius 2 is 2.16 bits per heavy atom. The predicted octanol–water partition coefficient (Wildman–Crippen LogP) is 0.555. The summed E-state index contributed by atoms with van der Waals surface area (Å²) >= 11 is 0. The molecular formula is C12H13F2N3O2. The molecule has 4 N–H and O–H groups in total. The lowest BCUT2D eigenvalue weighted by molar-refractivity contribution is -0.119. The van der Waals surface area contributed by atoms with E-state index in [4.69, 9.17) is 5.73 Å². The van der Waals surface area contributed by atoms with Crippen LogP contribution in [0.5, 0.6) is 0 Å². The van der Waals surface area contributed by atoms with Gasteiger partial charge in [-0.25, -0.2) is 8.78 Å². The molecule has 1 saturated heterocycles. The zero-order valence-corrected chi connectivity index (χ0v) is 10.0. The van der Waals surface area contributed by atoms with Gasteiger partial charge in [-0.15, -0.1) is 0 Å². The standard InChI is InChI=1S/C12H13F2N3O2/c13-8-4-9(14)10(15)3-7(8)12(19)16-5-6-1-2-11(18)17-6/h3-4,6H,1-2,5,15H2,(H,16,19)(H,17,18). The largest absolute Gasteiger partial charge is 0.396 e. The first-order valence-corrected chi connectivity index (χ1v) is 5.79. The van der Waals surface area contributed by atoms with Crippen molar-refractivity contribution in [2.75, 3.05) is 12.3 Å². The molecule has 1 aromatic carbocycles. The fourth-order valence-electron chi connectivity index (χ4n) is 1.88. The minimum atomic E-state index is -0.973. The van der Waals surface area contributed by atoms with E-state index in [1.807, 2.05) is 0 Å². The zero-order chi connectivity index (χ0) is 14.0. The van der Waals surface area contributed by atoms with Crippen molar-refractivity contribution >= 4 is 17.5 Å². The summed E-state index contributed by atoms with van der Waals surface area (Å²) in [5.74, 6) is -2.64. The van der Waals surface area contributed by atoms with E-state index in [-0.39, 0.29) is 29.7 Å². The van der Waals surface area contributed by atoms with Crippen LogP contribution in [-0.4, -0.2) is 24.4 Å². The smallest absolute Gasteiger partial charge is 0.254 e. The Morgan fingerprint density at radius 1 is 1.42 bits per heavy atom. The SMILES string of the molecule is Nc1cc(C(=O)NCC2CCC(=O)N2)c(F)cc1F. The lowest BCUT2D eigenvalue weighted by atomic mass is 10.1. The molecule has 7 heteroatoms. The van der Waals surface area contributed by atoms with E-state index in [0.29, 0.717) is 18.9 Å². The highest BCUT2D eigenvalue weighted by Crippen LogP contribution is 2.16. The summed E-state index contributed by atoms with van der Waals surface area (Å²) in [7, 11) is 0. The van der Waals surface area contributed by atoms with Gasteiger partial charge in [0.2, 0.25) is 5.91 Å². The number of hydrogen-bond acceptors (Lipinski definition) is 3. The lowest BCUT2D eigenvalue weighted by Crippen LogP contribution is -2.38. The molecular weight excluding hydrogens is 256 g/mol. The van der Waals surface area contributed by atoms with Crippen LogP contribution in [0, 0.1) is 11.6 Å². The second kappa shape index (κ2) is 5.21. The fraction of sp³-hybridized carbons (Fsp3) is 0.333. The van der Waals surface area contributed by atoms with Crippen LogP contribution in [0.15, 0.2) is 12.1 Å². The number of carbonyl (C=O) groups excluding carboxylic acids is 2. The summed E-state index contributed by atoms with van der Waals surface area (Å²) in [5.41, 5.74) is 4.68. The third-order valence-corrected chi connectivity index (χ3v) is 2.92. The summed E-state index contributed by atoms with van der Waals surface area (Å²) in [5, 5.41) is 5.14. The number of halogens is 2. The van der Waals surface area contributed by atoms with Gasteiger partial charge in [0.1, 0.15) is 11.6 Å². The molecule has 0 radical (unpaired) electrons. The van der Waals surface area contributed by atoms with Gasteiger partial charge in [-0.3, -0.25) is 9.59 Å². The number of carbonyl (C=O) groups is 2. The number of nitrogen functional groups attached to an aromatic ring is 1. The first-order chi connectivity index (χ1) is 8.97. The molecule has 0 aliphatic carbocycles. The van der Waals surface area contributed by atoms with E-state index in [9.17, 15) is 18.4 Å². The van der Waals surface area contributed by atoms with E-state index >= 15 is 0 Å². The van der Waals surface area contributed by atoms with E-state index in [2.05, 4.69) is 10.6 Å². The van der Waals surface area contributed by atoms with Crippen LogP contribution in [0.25, 0.3) is 0 Å². The Labute approximate surface area is 108 Å². The Bertz CT molecular complexity index is 534. The van der Waals surface area contributed by atoms with Crippen molar-refractivity contribution in [2.45, 2.75) is 18.9 Å². The predicted molar refractivity (Wildman–Crippen MR) is 64.3 cm³/mol. The highest BCUT2D eigenvalue weighted by Gasteiger charge is 2.22. The van der Waals surface area contributed by atoms with Crippen LogP contribution in [-0.2, 0) is 4.79 Å². The van der Waals surface area contributed by atoms with Gasteiger partial charge >= 0.3 is 0 Å². The number of amides is 2. The van der Waals surface area contributed by atoms with Crippen molar-refractivity contribution < 1.29 is 18.4 Å². The van der Waals surface area contributed by atoms with Gasteiger partial charge in [0.05, 0.1) is 11.3 Å². The van der Waals surface area contributed by atoms with Gasteiger partial charge in [-0.1, -0.05) is 0 Å². The first kappa shape index (κ1) is 13.3. The Hall–Kier alpha value is -2.18. The first-order valence-electron chi connectivity index (χ1n) is 5.79. The molecule has 102 valence electrons. The summed E-state index contributed by atoms with van der Waals surface area (Å²) in [6, 6.07) is 1.37. The molecule has 1 unspecified atom stereocenters. The number of hydrogen-bond donors (Lipinski definition) is 3. The van der Waals surface area contributed by atoms with E-state index in [1.165, 1.54) is 0 Å². The Morgan fingerprint density at radius 3 is 2.79 bits per heavy atom. The molecule has 1 fully saturated rings. The van der Waals surface area contributed by atoms with Gasteiger partial charge in [-0.05, 0) is 12.5 Å². The van der Waals surface area contributed by atoms with E-state index in [0.717, 1.165) is 6.07 Å². The molecule has 1 heterocycles. The van der Waals surface area contributed by atoms with Crippen LogP contribution in [0.3, 0.4) is 0 Å². The molecule has 1 aliphatic rings. The maximum absolute atomic E-state index is 13.4. The number of nitrogens with two attached hydrogens (primary N) is 1. The summed E-state index contributed by atoms with van der Waals surface area (Å²) in [6.07, 6.45) is 1.03. The molecule has 0 spiro atoms. The molecule has 1 aliphatic heterocycles. The molecule has 1 atom stereocenters. The van der Waals surface area contributed by atoms with Gasteiger partial charge in [0, 0.05) is 25.1 Å². The summed E-state index contributed by atoms with van der Waals surface area (Å²) in [4.78, 5) is 22.7. The third-order valence-electron chi connectivity index (χ3n) is 2.92. The normalized spacial score (nSPS) is 18.2. The minimum absolute atomic E-state index is 0.0727. The summed E-state index contributed by atoms with van der Waals surface area (Å²) in [6.45, 7) is 0.196. The van der Waals surface area contributed by atoms with Crippen LogP contribution in [0.1, 0.15) is 23.2 Å². The summed E-state index contributed by atoms with van der Waals surface area (Å²) < 4.78 is 26.4. The van der Waals surface area contributed by atoms with Gasteiger partial charge in [0.15, 0.2) is 0 Å². The quantitative estimate of drug-likeness (QED) is 0.701. The fourth-order valence-corrected chi connectivity index (χ4v) is 1.88. The van der Waals surface area contributed by atoms with Crippen LogP contribution in [0.4, 0.5) is 14.5 Å². The van der Waals surface area contributed by atoms with Crippen molar-refractivity contribution in [3.63, 3.8) is 0 Å². The van der Waals surface area contributed by atoms with Crippen LogP contribution in [0.2, 0.25) is 0 Å². The maximum atomic E-state index is 13.4. The van der Waals surface area contributed by atoms with E-state index in [1.54, 1.807) is 0 Å². The minimum Gasteiger partial charge on any atom is -0.396 e. The number of nitrogens with one attached hydrogen (secondary N) is 2. The zero-order valence-electron chi connectivity index (χ0n) is 10.0. The molecule has 0 saturated carbocycles. The van der Waals surface area contributed by atoms with Crippen LogP contribution >= 0.6 is 0 Å². The molecule has 1 aromatic rings. The topological polar surface area (TPSA) is 84.2 Å². The highest BCUT2D eigenvalue weighted by molar-refractivity contribution is 5.95. The molecule has 2 rings (SSSR count). The molecule has 19 heavy (non-hydrogen) atoms. The monoisotopic (exact) mass is 269 g/mol. The highest BCUT2D eigenvalue weighted by atomic mass is 19.1. The van der Waals surface area contributed by atoms with Crippen molar-refractivity contribution in [3.05, 3.63) is 29.3 Å². The van der Waals surface area contributed by atoms with Crippen LogP contribution < -0.4 is 16.4 Å². The van der Waals surface area contributed by atoms with Gasteiger partial charge < -0.3 is 16.4 Å². The van der Waals surface area contributed by atoms with Crippen molar-refractivity contribution in [1.29, 1.82) is 0 Å². The second-order valence-corrected chi connectivity index (χ2v) is 4.37. The number of rotatable bonds is 3. The third kappa shape index (κ3) is 2.98. The number of anilines is 1. The molecule has 0 aromatic heterocycles. The molecule has 5 nitrogen and oxygen atoms in total. The van der Waals surface area contributed by atoms with Crippen molar-refractivity contribution in [3.8, 4) is 0 Å². The van der Waals surface area contributed by atoms with E-state index < -0.39 is 17.5 Å². The average molecular weight is 269 g/mol.